The molecular formula is C26H25Br2N7O3S2. The minimum Gasteiger partial charge on any atom is -0.489 e. The highest BCUT2D eigenvalue weighted by molar-refractivity contribution is 9.11. The molecule has 4 aromatic heterocycles. The van der Waals surface area contributed by atoms with Gasteiger partial charge < -0.3 is 9.47 Å². The van der Waals surface area contributed by atoms with Gasteiger partial charge in [-0.25, -0.2) is 13.2 Å². The number of ether oxygens (including phenoxy) is 2. The molecular weight excluding hydrogens is 682 g/mol. The van der Waals surface area contributed by atoms with Crippen molar-refractivity contribution in [2.45, 2.75) is 37.9 Å². The van der Waals surface area contributed by atoms with Crippen molar-refractivity contribution in [2.24, 2.45) is 0 Å². The van der Waals surface area contributed by atoms with Gasteiger partial charge in [0.05, 0.1) is 46.9 Å². The summed E-state index contributed by atoms with van der Waals surface area (Å²) in [6.07, 6.45) is 10.3. The lowest BCUT2D eigenvalue weighted by Gasteiger charge is -2.24. The Morgan fingerprint density at radius 3 is 1.77 bits per heavy atom. The highest BCUT2D eigenvalue weighted by atomic mass is 79.9. The molecule has 4 aromatic rings. The Bertz CT molecular complexity index is 1720. The fraction of sp³-hybridized carbons (Fsp3) is 0.385. The van der Waals surface area contributed by atoms with Gasteiger partial charge in [-0.05, 0) is 81.2 Å². The quantitative estimate of drug-likeness (QED) is 0.281. The second kappa shape index (κ2) is 12.4. The Balaban J connectivity index is 0.000000162. The molecule has 10 nitrogen and oxygen atoms in total. The largest absolute Gasteiger partial charge is 0.489 e. The Morgan fingerprint density at radius 2 is 1.32 bits per heavy atom. The maximum absolute atomic E-state index is 11.6. The summed E-state index contributed by atoms with van der Waals surface area (Å²) in [5, 5.41) is 26.4. The molecule has 14 heteroatoms. The van der Waals surface area contributed by atoms with Crippen LogP contribution in [0.4, 0.5) is 0 Å². The molecule has 1 N–H and O–H groups in total. The number of nitrogens with zero attached hydrogens (tertiary/aromatic N) is 6. The summed E-state index contributed by atoms with van der Waals surface area (Å²) < 4.78 is 36.0. The normalized spacial score (nSPS) is 21.2. The average Bonchev–Trinajstić information content (AvgIpc) is 3.55. The molecule has 0 unspecified atom stereocenters. The highest BCUT2D eigenvalue weighted by Gasteiger charge is 2.23. The lowest BCUT2D eigenvalue weighted by atomic mass is 10.2. The van der Waals surface area contributed by atoms with E-state index in [4.69, 9.17) is 24.8 Å². The minimum absolute atomic E-state index is 0.0275. The lowest BCUT2D eigenvalue weighted by Crippen LogP contribution is -2.30. The summed E-state index contributed by atoms with van der Waals surface area (Å²) >= 11 is 8.90. The number of rotatable bonds is 4. The van der Waals surface area contributed by atoms with E-state index >= 15 is 0 Å². The second-order valence-electron chi connectivity index (χ2n) is 9.44. The van der Waals surface area contributed by atoms with E-state index in [1.807, 2.05) is 30.1 Å². The summed E-state index contributed by atoms with van der Waals surface area (Å²) in [5.74, 6) is 4.54. The van der Waals surface area contributed by atoms with Crippen LogP contribution in [0.2, 0.25) is 0 Å². The number of fused-ring (bicyclic) bond motifs is 2. The summed E-state index contributed by atoms with van der Waals surface area (Å²) in [4.78, 5) is 0. The van der Waals surface area contributed by atoms with Gasteiger partial charge in [0.25, 0.3) is 0 Å². The summed E-state index contributed by atoms with van der Waals surface area (Å²) in [6.45, 7) is 0. The van der Waals surface area contributed by atoms with Crippen LogP contribution in [-0.2, 0) is 9.73 Å². The number of hydrogen-bond acceptors (Lipinski definition) is 9. The van der Waals surface area contributed by atoms with E-state index in [-0.39, 0.29) is 12.2 Å². The third kappa shape index (κ3) is 6.57. The zero-order chi connectivity index (χ0) is 28.3. The van der Waals surface area contributed by atoms with E-state index < -0.39 is 9.73 Å². The zero-order valence-corrected chi connectivity index (χ0v) is 26.1. The van der Waals surface area contributed by atoms with Crippen molar-refractivity contribution in [3.05, 3.63) is 57.0 Å². The average molecular weight is 707 g/mol. The molecule has 0 spiro atoms. The second-order valence-corrected chi connectivity index (χ2v) is 14.8. The summed E-state index contributed by atoms with van der Waals surface area (Å²) in [7, 11) is -2.39. The van der Waals surface area contributed by atoms with Crippen LogP contribution in [0.1, 0.15) is 36.8 Å². The van der Waals surface area contributed by atoms with Crippen LogP contribution in [-0.4, -0.2) is 58.7 Å². The van der Waals surface area contributed by atoms with Crippen molar-refractivity contribution in [1.29, 1.82) is 15.3 Å². The van der Waals surface area contributed by atoms with E-state index in [9.17, 15) is 4.21 Å². The molecule has 6 heterocycles. The number of nitriles is 2. The molecule has 0 radical (unpaired) electrons. The summed E-state index contributed by atoms with van der Waals surface area (Å²) in [5.41, 5.74) is 2.56. The molecule has 40 heavy (non-hydrogen) atoms. The van der Waals surface area contributed by atoms with E-state index in [1.54, 1.807) is 21.4 Å². The van der Waals surface area contributed by atoms with Gasteiger partial charge in [-0.3, -0.25) is 4.78 Å². The third-order valence-corrected chi connectivity index (χ3v) is 10.7. The first-order chi connectivity index (χ1) is 19.3. The van der Waals surface area contributed by atoms with Gasteiger partial charge in [0.15, 0.2) is 0 Å². The van der Waals surface area contributed by atoms with E-state index in [0.29, 0.717) is 46.7 Å². The van der Waals surface area contributed by atoms with Gasteiger partial charge in [0, 0.05) is 30.2 Å². The summed E-state index contributed by atoms with van der Waals surface area (Å²) in [6, 6.07) is 7.95. The molecule has 0 amide bonds. The minimum atomic E-state index is -2.39. The van der Waals surface area contributed by atoms with E-state index in [2.05, 4.69) is 54.2 Å². The van der Waals surface area contributed by atoms with E-state index in [1.165, 1.54) is 6.20 Å². The van der Waals surface area contributed by atoms with Gasteiger partial charge in [0.2, 0.25) is 0 Å². The number of thioether (sulfide) groups is 1. The maximum atomic E-state index is 11.6. The van der Waals surface area contributed by atoms with E-state index in [0.717, 1.165) is 44.6 Å². The number of halogens is 2. The van der Waals surface area contributed by atoms with Crippen LogP contribution in [0, 0.1) is 27.4 Å². The van der Waals surface area contributed by atoms with Crippen LogP contribution in [0.5, 0.6) is 11.5 Å². The zero-order valence-electron chi connectivity index (χ0n) is 21.3. The van der Waals surface area contributed by atoms with Crippen LogP contribution in [0.15, 0.2) is 45.9 Å². The Kier molecular flexibility index (Phi) is 8.90. The van der Waals surface area contributed by atoms with Crippen LogP contribution in [0.25, 0.3) is 11.0 Å². The molecule has 0 saturated carbocycles. The molecule has 0 aromatic carbocycles. The Labute approximate surface area is 252 Å². The predicted molar refractivity (Wildman–Crippen MR) is 160 cm³/mol. The predicted octanol–water partition coefficient (Wildman–Crippen LogP) is 5.80. The maximum Gasteiger partial charge on any atom is 0.139 e. The molecule has 2 saturated heterocycles. The van der Waals surface area contributed by atoms with Crippen LogP contribution in [0.3, 0.4) is 0 Å². The Hall–Kier alpha value is -2.78. The number of nitrogens with one attached hydrogen (secondary N) is 1. The first kappa shape index (κ1) is 28.7. The molecule has 208 valence electrons. The van der Waals surface area contributed by atoms with Crippen molar-refractivity contribution >= 4 is 64.4 Å². The van der Waals surface area contributed by atoms with Crippen LogP contribution >= 0.6 is 43.6 Å². The molecule has 0 atom stereocenters. The van der Waals surface area contributed by atoms with Crippen LogP contribution < -0.4 is 9.47 Å². The van der Waals surface area contributed by atoms with Crippen molar-refractivity contribution in [3.8, 4) is 23.6 Å². The number of aromatic nitrogens is 4. The third-order valence-electron chi connectivity index (χ3n) is 6.63. The first-order valence-electron chi connectivity index (χ1n) is 12.6. The monoisotopic (exact) mass is 705 g/mol. The molecule has 0 aliphatic carbocycles. The molecule has 2 aliphatic rings. The van der Waals surface area contributed by atoms with Gasteiger partial charge in [-0.15, -0.1) is 0 Å². The highest BCUT2D eigenvalue weighted by Crippen LogP contribution is 2.30. The molecule has 2 fully saturated rings. The van der Waals surface area contributed by atoms with Gasteiger partial charge >= 0.3 is 0 Å². The topological polar surface area (TPSA) is 142 Å². The van der Waals surface area contributed by atoms with Crippen molar-refractivity contribution in [1.82, 2.24) is 19.2 Å². The number of pyridine rings is 2. The van der Waals surface area contributed by atoms with Gasteiger partial charge in [-0.2, -0.15) is 32.5 Å². The smallest absolute Gasteiger partial charge is 0.139 e. The Morgan fingerprint density at radius 1 is 0.875 bits per heavy atom. The lowest BCUT2D eigenvalue weighted by molar-refractivity contribution is 0.189. The van der Waals surface area contributed by atoms with Crippen molar-refractivity contribution < 1.29 is 13.7 Å². The molecule has 2 aliphatic heterocycles. The van der Waals surface area contributed by atoms with Gasteiger partial charge in [-0.1, -0.05) is 0 Å². The van der Waals surface area contributed by atoms with Crippen molar-refractivity contribution in [3.63, 3.8) is 0 Å². The fourth-order valence-electron chi connectivity index (χ4n) is 4.58. The fourth-order valence-corrected chi connectivity index (χ4v) is 8.37. The van der Waals surface area contributed by atoms with Crippen molar-refractivity contribution in [2.75, 3.05) is 23.0 Å². The molecule has 0 bridgehead atoms. The SMILES string of the molecule is N#Cc1cnn2cc(OC3CCS(=N)(=O)CC3)cc(Br)c12.N#Cc1cnn2cc(OC3CCSCC3)cc(Br)c12. The molecule has 6 rings (SSSR count). The standard InChI is InChI=1S/C13H13BrN4O2S.C13H12BrN3OS/c14-12-5-11(8-18-13(12)9(6-15)7-17-18)20-10-1-3-21(16,19)4-2-10;14-12-5-11(18-10-1-3-19-4-2-10)8-17-13(12)9(6-15)7-16-17/h5,7-8,10,16H,1-4H2;5,7-8,10H,1-4H2. The first-order valence-corrected chi connectivity index (χ1v) is 17.2. The van der Waals surface area contributed by atoms with Gasteiger partial charge in [0.1, 0.15) is 35.8 Å². The number of hydrogen-bond donors (Lipinski definition) is 1.